The van der Waals surface area contributed by atoms with E-state index in [1.807, 2.05) is 0 Å². The Balaban J connectivity index is 2.16. The number of hydrogen-bond donors (Lipinski definition) is 2. The summed E-state index contributed by atoms with van der Waals surface area (Å²) in [4.78, 5) is 15.9. The summed E-state index contributed by atoms with van der Waals surface area (Å²) in [6, 6.07) is 6.16. The minimum absolute atomic E-state index is 0.150. The lowest BCUT2D eigenvalue weighted by molar-refractivity contribution is -0.116. The SMILES string of the molecule is COc1cc(NC(=O)CN(C)S(=O)(=O)c2cc(Br)cnc2N)cc(OC)c1. The molecule has 3 N–H and O–H groups in total. The number of carbonyl (C=O) groups excluding carboxylic acids is 1. The Labute approximate surface area is 165 Å². The summed E-state index contributed by atoms with van der Waals surface area (Å²) in [5, 5.41) is 2.61. The normalized spacial score (nSPS) is 11.3. The third-order valence-electron chi connectivity index (χ3n) is 3.54. The monoisotopic (exact) mass is 458 g/mol. The quantitative estimate of drug-likeness (QED) is 0.646. The molecule has 0 aliphatic heterocycles. The molecule has 0 atom stereocenters. The van der Waals surface area contributed by atoms with Crippen LogP contribution in [0.1, 0.15) is 0 Å². The van der Waals surface area contributed by atoms with Crippen molar-refractivity contribution < 1.29 is 22.7 Å². The van der Waals surface area contributed by atoms with Gasteiger partial charge in [0, 0.05) is 41.6 Å². The van der Waals surface area contributed by atoms with Crippen LogP contribution in [0.15, 0.2) is 39.8 Å². The first-order chi connectivity index (χ1) is 12.7. The minimum atomic E-state index is -4.00. The highest BCUT2D eigenvalue weighted by Crippen LogP contribution is 2.26. The number of anilines is 2. The molecule has 1 amide bonds. The van der Waals surface area contributed by atoms with Crippen molar-refractivity contribution in [3.8, 4) is 11.5 Å². The van der Waals surface area contributed by atoms with Crippen LogP contribution < -0.4 is 20.5 Å². The standard InChI is InChI=1S/C16H19BrN4O5S/c1-21(27(23,24)14-4-10(17)8-19-16(14)18)9-15(22)20-11-5-12(25-2)7-13(6-11)26-3/h4-8H,9H2,1-3H3,(H2,18,19)(H,20,22). The molecule has 27 heavy (non-hydrogen) atoms. The second-order valence-electron chi connectivity index (χ2n) is 5.45. The molecule has 11 heteroatoms. The predicted octanol–water partition coefficient (Wildman–Crippen LogP) is 1.70. The molecule has 0 saturated heterocycles. The van der Waals surface area contributed by atoms with Gasteiger partial charge in [-0.05, 0) is 22.0 Å². The number of likely N-dealkylation sites (N-methyl/N-ethyl adjacent to an activating group) is 1. The number of rotatable bonds is 7. The van der Waals surface area contributed by atoms with Gasteiger partial charge in [-0.3, -0.25) is 4.79 Å². The van der Waals surface area contributed by atoms with Crippen molar-refractivity contribution in [2.24, 2.45) is 0 Å². The highest BCUT2D eigenvalue weighted by atomic mass is 79.9. The van der Waals surface area contributed by atoms with Crippen molar-refractivity contribution in [1.82, 2.24) is 9.29 Å². The van der Waals surface area contributed by atoms with Crippen LogP contribution in [-0.4, -0.2) is 51.4 Å². The van der Waals surface area contributed by atoms with Gasteiger partial charge >= 0.3 is 0 Å². The molecule has 0 spiro atoms. The van der Waals surface area contributed by atoms with E-state index in [1.54, 1.807) is 18.2 Å². The van der Waals surface area contributed by atoms with Crippen LogP contribution in [0.25, 0.3) is 0 Å². The fourth-order valence-electron chi connectivity index (χ4n) is 2.17. The number of aromatic nitrogens is 1. The van der Waals surface area contributed by atoms with Crippen LogP contribution in [0.3, 0.4) is 0 Å². The second kappa shape index (κ2) is 8.55. The van der Waals surface area contributed by atoms with E-state index in [4.69, 9.17) is 15.2 Å². The van der Waals surface area contributed by atoms with Gasteiger partial charge in [0.2, 0.25) is 15.9 Å². The van der Waals surface area contributed by atoms with Crippen molar-refractivity contribution in [3.63, 3.8) is 0 Å². The van der Waals surface area contributed by atoms with Gasteiger partial charge in [0.25, 0.3) is 0 Å². The first-order valence-electron chi connectivity index (χ1n) is 7.57. The number of hydrogen-bond acceptors (Lipinski definition) is 7. The Hall–Kier alpha value is -2.37. The number of nitrogens with zero attached hydrogens (tertiary/aromatic N) is 2. The molecule has 1 heterocycles. The van der Waals surface area contributed by atoms with Crippen molar-refractivity contribution in [2.45, 2.75) is 4.90 Å². The Bertz CT molecular complexity index is 930. The Morgan fingerprint density at radius 1 is 1.22 bits per heavy atom. The summed E-state index contributed by atoms with van der Waals surface area (Å²) >= 11 is 3.16. The van der Waals surface area contributed by atoms with E-state index in [1.165, 1.54) is 33.5 Å². The lowest BCUT2D eigenvalue weighted by atomic mass is 10.2. The lowest BCUT2D eigenvalue weighted by Crippen LogP contribution is -2.35. The number of ether oxygens (including phenoxy) is 2. The topological polar surface area (TPSA) is 124 Å². The summed E-state index contributed by atoms with van der Waals surface area (Å²) in [5.41, 5.74) is 6.07. The van der Waals surface area contributed by atoms with Crippen LogP contribution in [0.5, 0.6) is 11.5 Å². The van der Waals surface area contributed by atoms with Crippen LogP contribution in [0.2, 0.25) is 0 Å². The maximum absolute atomic E-state index is 12.7. The third kappa shape index (κ3) is 5.08. The summed E-state index contributed by atoms with van der Waals surface area (Å²) in [6.07, 6.45) is 1.39. The molecule has 0 radical (unpaired) electrons. The van der Waals surface area contributed by atoms with E-state index >= 15 is 0 Å². The molecule has 2 aromatic rings. The number of pyridine rings is 1. The third-order valence-corrected chi connectivity index (χ3v) is 5.80. The van der Waals surface area contributed by atoms with Crippen LogP contribution >= 0.6 is 15.9 Å². The van der Waals surface area contributed by atoms with Crippen molar-refractivity contribution in [3.05, 3.63) is 34.9 Å². The molecule has 1 aromatic carbocycles. The fourth-order valence-corrected chi connectivity index (χ4v) is 3.87. The molecule has 0 unspecified atom stereocenters. The number of nitrogens with one attached hydrogen (secondary N) is 1. The Kier molecular flexibility index (Phi) is 6.63. The maximum Gasteiger partial charge on any atom is 0.246 e. The molecule has 0 aliphatic carbocycles. The lowest BCUT2D eigenvalue weighted by Gasteiger charge is -2.18. The van der Waals surface area contributed by atoms with Crippen molar-refractivity contribution >= 4 is 43.4 Å². The summed E-state index contributed by atoms with van der Waals surface area (Å²) in [5.74, 6) is 0.276. The molecule has 1 aromatic heterocycles. The summed E-state index contributed by atoms with van der Waals surface area (Å²) in [7, 11) is 0.246. The van der Waals surface area contributed by atoms with Gasteiger partial charge in [-0.2, -0.15) is 4.31 Å². The first-order valence-corrected chi connectivity index (χ1v) is 9.81. The molecule has 0 aliphatic rings. The van der Waals surface area contributed by atoms with E-state index in [2.05, 4.69) is 26.2 Å². The summed E-state index contributed by atoms with van der Waals surface area (Å²) in [6.45, 7) is -0.423. The zero-order chi connectivity index (χ0) is 20.2. The second-order valence-corrected chi connectivity index (χ2v) is 8.38. The number of amides is 1. The zero-order valence-electron chi connectivity index (χ0n) is 14.9. The number of nitrogens with two attached hydrogens (primary N) is 1. The molecule has 9 nitrogen and oxygen atoms in total. The van der Waals surface area contributed by atoms with E-state index in [-0.39, 0.29) is 10.7 Å². The summed E-state index contributed by atoms with van der Waals surface area (Å²) < 4.78 is 36.9. The predicted molar refractivity (Wildman–Crippen MR) is 104 cm³/mol. The van der Waals surface area contributed by atoms with Gasteiger partial charge in [-0.25, -0.2) is 13.4 Å². The number of benzene rings is 1. The maximum atomic E-state index is 12.7. The first kappa shape index (κ1) is 20.9. The molecule has 2 rings (SSSR count). The van der Waals surface area contributed by atoms with Gasteiger partial charge in [-0.1, -0.05) is 0 Å². The average molecular weight is 459 g/mol. The smallest absolute Gasteiger partial charge is 0.246 e. The molecular weight excluding hydrogens is 440 g/mol. The largest absolute Gasteiger partial charge is 0.497 e. The zero-order valence-corrected chi connectivity index (χ0v) is 17.3. The molecule has 0 fully saturated rings. The van der Waals surface area contributed by atoms with Gasteiger partial charge in [-0.15, -0.1) is 0 Å². The number of methoxy groups -OCH3 is 2. The van der Waals surface area contributed by atoms with Gasteiger partial charge in [0.15, 0.2) is 0 Å². The average Bonchev–Trinajstić information content (AvgIpc) is 2.62. The van der Waals surface area contributed by atoms with Crippen LogP contribution in [-0.2, 0) is 14.8 Å². The Morgan fingerprint density at radius 2 is 1.81 bits per heavy atom. The van der Waals surface area contributed by atoms with Crippen molar-refractivity contribution in [2.75, 3.05) is 38.9 Å². The molecular formula is C16H19BrN4O5S. The fraction of sp³-hybridized carbons (Fsp3) is 0.250. The number of halogens is 1. The van der Waals surface area contributed by atoms with E-state index < -0.39 is 22.5 Å². The molecule has 146 valence electrons. The van der Waals surface area contributed by atoms with Gasteiger partial charge in [0.1, 0.15) is 22.2 Å². The van der Waals surface area contributed by atoms with E-state index in [9.17, 15) is 13.2 Å². The van der Waals surface area contributed by atoms with E-state index in [0.717, 1.165) is 4.31 Å². The van der Waals surface area contributed by atoms with E-state index in [0.29, 0.717) is 21.7 Å². The molecule has 0 saturated carbocycles. The highest BCUT2D eigenvalue weighted by Gasteiger charge is 2.26. The van der Waals surface area contributed by atoms with Gasteiger partial charge in [0.05, 0.1) is 20.8 Å². The van der Waals surface area contributed by atoms with Gasteiger partial charge < -0.3 is 20.5 Å². The number of sulfonamides is 1. The minimum Gasteiger partial charge on any atom is -0.497 e. The van der Waals surface area contributed by atoms with Crippen LogP contribution in [0.4, 0.5) is 11.5 Å². The Morgan fingerprint density at radius 3 is 2.37 bits per heavy atom. The van der Waals surface area contributed by atoms with Crippen molar-refractivity contribution in [1.29, 1.82) is 0 Å². The number of carbonyl (C=O) groups is 1. The molecule has 0 bridgehead atoms. The highest BCUT2D eigenvalue weighted by molar-refractivity contribution is 9.10. The van der Waals surface area contributed by atoms with Crippen LogP contribution in [0, 0.1) is 0 Å². The number of nitrogen functional groups attached to an aromatic ring is 1.